The van der Waals surface area contributed by atoms with Crippen LogP contribution in [0.3, 0.4) is 0 Å². The first kappa shape index (κ1) is 19.8. The molecule has 0 atom stereocenters. The zero-order chi connectivity index (χ0) is 19.9. The molecule has 8 heteroatoms. The van der Waals surface area contributed by atoms with E-state index in [4.69, 9.17) is 13.9 Å². The van der Waals surface area contributed by atoms with Crippen LogP contribution in [0.2, 0.25) is 0 Å². The number of aromatic nitrogens is 2. The third-order valence-corrected chi connectivity index (χ3v) is 4.84. The summed E-state index contributed by atoms with van der Waals surface area (Å²) in [4.78, 5) is 12.1. The normalized spacial score (nSPS) is 10.5. The predicted molar refractivity (Wildman–Crippen MR) is 108 cm³/mol. The molecule has 0 saturated heterocycles. The zero-order valence-corrected chi connectivity index (χ0v) is 16.7. The largest absolute Gasteiger partial charge is 0.497 e. The molecule has 0 radical (unpaired) electrons. The van der Waals surface area contributed by atoms with Gasteiger partial charge in [-0.05, 0) is 36.2 Å². The number of rotatable bonds is 8. The van der Waals surface area contributed by atoms with E-state index in [1.165, 1.54) is 17.3 Å². The van der Waals surface area contributed by atoms with Gasteiger partial charge in [0.15, 0.2) is 0 Å². The molecule has 7 nitrogen and oxygen atoms in total. The van der Waals surface area contributed by atoms with Crippen molar-refractivity contribution < 1.29 is 18.7 Å². The molecule has 0 aliphatic carbocycles. The smallest absolute Gasteiger partial charge is 0.277 e. The first-order valence-electron chi connectivity index (χ1n) is 8.70. The second-order valence-electron chi connectivity index (χ2n) is 5.83. The summed E-state index contributed by atoms with van der Waals surface area (Å²) in [5, 5.41) is 11.2. The number of ether oxygens (including phenoxy) is 2. The van der Waals surface area contributed by atoms with Gasteiger partial charge in [0.25, 0.3) is 11.1 Å². The second-order valence-corrected chi connectivity index (χ2v) is 6.75. The van der Waals surface area contributed by atoms with Gasteiger partial charge >= 0.3 is 0 Å². The molecule has 1 aromatic heterocycles. The minimum absolute atomic E-state index is 0.143. The maximum Gasteiger partial charge on any atom is 0.277 e. The fourth-order valence-corrected chi connectivity index (χ4v) is 3.06. The lowest BCUT2D eigenvalue weighted by Crippen LogP contribution is -2.13. The van der Waals surface area contributed by atoms with Crippen molar-refractivity contribution in [3.63, 3.8) is 0 Å². The Balaban J connectivity index is 1.60. The number of hydrogen-bond donors (Lipinski definition) is 1. The van der Waals surface area contributed by atoms with Crippen LogP contribution >= 0.6 is 11.8 Å². The number of hydrogen-bond acceptors (Lipinski definition) is 7. The summed E-state index contributed by atoms with van der Waals surface area (Å²) in [6.45, 7) is 2.09. The predicted octanol–water partition coefficient (Wildman–Crippen LogP) is 4.05. The van der Waals surface area contributed by atoms with Gasteiger partial charge in [0, 0.05) is 11.8 Å². The van der Waals surface area contributed by atoms with E-state index in [9.17, 15) is 4.79 Å². The highest BCUT2D eigenvalue weighted by Gasteiger charge is 2.15. The van der Waals surface area contributed by atoms with Crippen molar-refractivity contribution in [2.24, 2.45) is 0 Å². The molecule has 0 aliphatic rings. The van der Waals surface area contributed by atoms with E-state index < -0.39 is 0 Å². The highest BCUT2D eigenvalue weighted by Crippen LogP contribution is 2.33. The molecule has 0 bridgehead atoms. The van der Waals surface area contributed by atoms with E-state index in [1.54, 1.807) is 32.4 Å². The van der Waals surface area contributed by atoms with Crippen LogP contribution < -0.4 is 14.8 Å². The summed E-state index contributed by atoms with van der Waals surface area (Å²) in [6, 6.07) is 13.1. The molecule has 3 rings (SSSR count). The quantitative estimate of drug-likeness (QED) is 0.572. The number of benzene rings is 2. The summed E-state index contributed by atoms with van der Waals surface area (Å²) in [7, 11) is 3.14. The molecule has 0 unspecified atom stereocenters. The first-order chi connectivity index (χ1) is 13.6. The van der Waals surface area contributed by atoms with Gasteiger partial charge in [0.05, 0.1) is 25.5 Å². The van der Waals surface area contributed by atoms with Crippen molar-refractivity contribution in [2.75, 3.05) is 25.3 Å². The number of nitrogens with one attached hydrogen (secondary N) is 1. The van der Waals surface area contributed by atoms with Crippen LogP contribution in [0.4, 0.5) is 5.69 Å². The molecule has 146 valence electrons. The Kier molecular flexibility index (Phi) is 6.54. The Bertz CT molecular complexity index is 941. The Morgan fingerprint density at radius 1 is 1.11 bits per heavy atom. The second kappa shape index (κ2) is 9.27. The third-order valence-electron chi connectivity index (χ3n) is 4.02. The first-order valence-corrected chi connectivity index (χ1v) is 9.69. The van der Waals surface area contributed by atoms with Crippen molar-refractivity contribution in [3.05, 3.63) is 48.0 Å². The van der Waals surface area contributed by atoms with E-state index in [0.29, 0.717) is 28.2 Å². The van der Waals surface area contributed by atoms with Crippen molar-refractivity contribution in [1.82, 2.24) is 10.2 Å². The van der Waals surface area contributed by atoms with E-state index in [1.807, 2.05) is 24.3 Å². The van der Waals surface area contributed by atoms with Crippen LogP contribution in [-0.4, -0.2) is 36.1 Å². The molecule has 0 aliphatic heterocycles. The van der Waals surface area contributed by atoms with E-state index >= 15 is 0 Å². The van der Waals surface area contributed by atoms with Crippen LogP contribution in [0.5, 0.6) is 11.5 Å². The summed E-state index contributed by atoms with van der Waals surface area (Å²) in [5.41, 5.74) is 2.64. The molecular formula is C20H21N3O4S. The van der Waals surface area contributed by atoms with Crippen LogP contribution in [0.1, 0.15) is 12.5 Å². The Labute approximate surface area is 167 Å². The van der Waals surface area contributed by atoms with Gasteiger partial charge in [-0.1, -0.05) is 30.8 Å². The molecule has 1 heterocycles. The van der Waals surface area contributed by atoms with Crippen molar-refractivity contribution >= 4 is 23.4 Å². The number of carbonyl (C=O) groups is 1. The number of anilines is 1. The van der Waals surface area contributed by atoms with Crippen molar-refractivity contribution in [1.29, 1.82) is 0 Å². The number of nitrogens with zero attached hydrogens (tertiary/aromatic N) is 2. The summed E-state index contributed by atoms with van der Waals surface area (Å²) in [6.07, 6.45) is 0.961. The molecule has 28 heavy (non-hydrogen) atoms. The summed E-state index contributed by atoms with van der Waals surface area (Å²) >= 11 is 1.17. The highest BCUT2D eigenvalue weighted by molar-refractivity contribution is 7.99. The lowest BCUT2D eigenvalue weighted by atomic mass is 10.1. The highest BCUT2D eigenvalue weighted by atomic mass is 32.2. The molecule has 0 fully saturated rings. The van der Waals surface area contributed by atoms with Gasteiger partial charge in [-0.15, -0.1) is 10.2 Å². The topological polar surface area (TPSA) is 86.5 Å². The standard InChI is InChI=1S/C20H21N3O4S/c1-4-13-5-7-14(8-6-13)21-18(24)12-28-20-23-22-19(27-20)16-10-9-15(25-2)11-17(16)26-3/h5-11H,4,12H2,1-3H3,(H,21,24). The number of carbonyl (C=O) groups excluding carboxylic acids is 1. The number of thioether (sulfide) groups is 1. The molecule has 1 amide bonds. The van der Waals surface area contributed by atoms with Crippen LogP contribution in [0, 0.1) is 0 Å². The van der Waals surface area contributed by atoms with Crippen LogP contribution in [0.15, 0.2) is 52.1 Å². The van der Waals surface area contributed by atoms with Gasteiger partial charge in [0.2, 0.25) is 5.91 Å². The van der Waals surface area contributed by atoms with Crippen LogP contribution in [-0.2, 0) is 11.2 Å². The zero-order valence-electron chi connectivity index (χ0n) is 15.9. The average Bonchev–Trinajstić information content (AvgIpc) is 3.21. The Morgan fingerprint density at radius 3 is 2.57 bits per heavy atom. The fourth-order valence-electron chi connectivity index (χ4n) is 2.50. The summed E-state index contributed by atoms with van der Waals surface area (Å²) in [5.74, 6) is 1.57. The third kappa shape index (κ3) is 4.83. The average molecular weight is 399 g/mol. The van der Waals surface area contributed by atoms with Crippen molar-refractivity contribution in [2.45, 2.75) is 18.6 Å². The van der Waals surface area contributed by atoms with E-state index in [0.717, 1.165) is 12.1 Å². The maximum absolute atomic E-state index is 12.1. The van der Waals surface area contributed by atoms with Gasteiger partial charge in [-0.2, -0.15) is 0 Å². The Hall–Kier alpha value is -3.00. The van der Waals surface area contributed by atoms with Crippen molar-refractivity contribution in [3.8, 4) is 23.0 Å². The molecule has 0 saturated carbocycles. The molecule has 3 aromatic rings. The molecule has 0 spiro atoms. The molecule has 2 aromatic carbocycles. The number of methoxy groups -OCH3 is 2. The van der Waals surface area contributed by atoms with Crippen LogP contribution in [0.25, 0.3) is 11.5 Å². The van der Waals surface area contributed by atoms with Gasteiger partial charge in [0.1, 0.15) is 11.5 Å². The van der Waals surface area contributed by atoms with Gasteiger partial charge in [-0.3, -0.25) is 4.79 Å². The lowest BCUT2D eigenvalue weighted by molar-refractivity contribution is -0.113. The van der Waals surface area contributed by atoms with E-state index in [2.05, 4.69) is 22.4 Å². The SMILES string of the molecule is CCc1ccc(NC(=O)CSc2nnc(-c3ccc(OC)cc3OC)o2)cc1. The minimum Gasteiger partial charge on any atom is -0.497 e. The lowest BCUT2D eigenvalue weighted by Gasteiger charge is -2.07. The number of aryl methyl sites for hydroxylation is 1. The fraction of sp³-hybridized carbons (Fsp3) is 0.250. The monoisotopic (exact) mass is 399 g/mol. The van der Waals surface area contributed by atoms with Gasteiger partial charge in [-0.25, -0.2) is 0 Å². The maximum atomic E-state index is 12.1. The van der Waals surface area contributed by atoms with Gasteiger partial charge < -0.3 is 19.2 Å². The summed E-state index contributed by atoms with van der Waals surface area (Å²) < 4.78 is 16.2. The molecular weight excluding hydrogens is 378 g/mol. The molecule has 1 N–H and O–H groups in total. The van der Waals surface area contributed by atoms with E-state index in [-0.39, 0.29) is 11.7 Å². The Morgan fingerprint density at radius 2 is 1.89 bits per heavy atom. The number of amides is 1. The minimum atomic E-state index is -0.143.